The summed E-state index contributed by atoms with van der Waals surface area (Å²) in [4.78, 5) is 8.09. The zero-order chi connectivity index (χ0) is 17.1. The zero-order valence-corrected chi connectivity index (χ0v) is 15.0. The number of aromatic amines is 1. The summed E-state index contributed by atoms with van der Waals surface area (Å²) in [6.07, 6.45) is 2.00. The van der Waals surface area contributed by atoms with Crippen molar-refractivity contribution in [1.29, 1.82) is 0 Å². The molecule has 1 heterocycles. The van der Waals surface area contributed by atoms with Gasteiger partial charge in [-0.15, -0.1) is 0 Å². The minimum absolute atomic E-state index is 0.405. The maximum Gasteiger partial charge on any atom is 0.122 e. The summed E-state index contributed by atoms with van der Waals surface area (Å²) in [7, 11) is 0. The van der Waals surface area contributed by atoms with E-state index in [1.165, 1.54) is 16.7 Å². The molecule has 0 saturated heterocycles. The summed E-state index contributed by atoms with van der Waals surface area (Å²) in [5, 5.41) is 0. The monoisotopic (exact) mass is 322 g/mol. The van der Waals surface area contributed by atoms with Crippen molar-refractivity contribution < 1.29 is 4.74 Å². The van der Waals surface area contributed by atoms with Gasteiger partial charge in [0.25, 0.3) is 0 Å². The number of rotatable bonds is 6. The SMILES string of the molecule is CCCOc1ccc(-c2ccc3nc(C(C)C)[nH]c3c2)cc1CC. The van der Waals surface area contributed by atoms with Crippen LogP contribution in [0.1, 0.15) is 51.4 Å². The van der Waals surface area contributed by atoms with Crippen LogP contribution in [-0.2, 0) is 6.42 Å². The van der Waals surface area contributed by atoms with Gasteiger partial charge in [0, 0.05) is 5.92 Å². The Bertz CT molecular complexity index is 833. The van der Waals surface area contributed by atoms with Crippen molar-refractivity contribution in [3.05, 3.63) is 47.8 Å². The van der Waals surface area contributed by atoms with E-state index in [2.05, 4.69) is 74.1 Å². The van der Waals surface area contributed by atoms with Crippen molar-refractivity contribution in [2.45, 2.75) is 46.5 Å². The third kappa shape index (κ3) is 3.30. The van der Waals surface area contributed by atoms with Gasteiger partial charge in [0.1, 0.15) is 11.6 Å². The van der Waals surface area contributed by atoms with Crippen molar-refractivity contribution in [3.63, 3.8) is 0 Å². The highest BCUT2D eigenvalue weighted by atomic mass is 16.5. The van der Waals surface area contributed by atoms with Crippen molar-refractivity contribution >= 4 is 11.0 Å². The van der Waals surface area contributed by atoms with Crippen LogP contribution in [0.5, 0.6) is 5.75 Å². The van der Waals surface area contributed by atoms with Gasteiger partial charge in [-0.25, -0.2) is 4.98 Å². The molecule has 0 fully saturated rings. The van der Waals surface area contributed by atoms with Gasteiger partial charge >= 0.3 is 0 Å². The highest BCUT2D eigenvalue weighted by molar-refractivity contribution is 5.82. The molecule has 1 aromatic heterocycles. The van der Waals surface area contributed by atoms with Crippen LogP contribution in [0, 0.1) is 0 Å². The molecule has 0 spiro atoms. The number of nitrogens with zero attached hydrogens (tertiary/aromatic N) is 1. The Morgan fingerprint density at radius 1 is 1.04 bits per heavy atom. The molecule has 126 valence electrons. The lowest BCUT2D eigenvalue weighted by molar-refractivity contribution is 0.314. The van der Waals surface area contributed by atoms with Crippen molar-refractivity contribution in [2.75, 3.05) is 6.61 Å². The number of imidazole rings is 1. The summed E-state index contributed by atoms with van der Waals surface area (Å²) < 4.78 is 5.85. The first kappa shape index (κ1) is 16.6. The number of benzene rings is 2. The number of hydrogen-bond acceptors (Lipinski definition) is 2. The van der Waals surface area contributed by atoms with Gasteiger partial charge in [0.15, 0.2) is 0 Å². The number of H-pyrrole nitrogens is 1. The Hall–Kier alpha value is -2.29. The van der Waals surface area contributed by atoms with Crippen LogP contribution >= 0.6 is 0 Å². The van der Waals surface area contributed by atoms with E-state index in [0.29, 0.717) is 5.92 Å². The molecule has 0 radical (unpaired) electrons. The Labute approximate surface area is 144 Å². The van der Waals surface area contributed by atoms with Gasteiger partial charge in [0.05, 0.1) is 17.6 Å². The molecule has 3 heteroatoms. The second-order valence-electron chi connectivity index (χ2n) is 6.53. The first-order chi connectivity index (χ1) is 11.6. The van der Waals surface area contributed by atoms with E-state index >= 15 is 0 Å². The number of aryl methyl sites for hydroxylation is 1. The number of nitrogens with one attached hydrogen (secondary N) is 1. The number of ether oxygens (including phenoxy) is 1. The minimum Gasteiger partial charge on any atom is -0.493 e. The normalized spacial score (nSPS) is 11.4. The quantitative estimate of drug-likeness (QED) is 0.631. The largest absolute Gasteiger partial charge is 0.493 e. The maximum atomic E-state index is 5.85. The summed E-state index contributed by atoms with van der Waals surface area (Å²) in [6, 6.07) is 12.9. The van der Waals surface area contributed by atoms with Gasteiger partial charge in [-0.3, -0.25) is 0 Å². The predicted molar refractivity (Wildman–Crippen MR) is 101 cm³/mol. The molecule has 1 N–H and O–H groups in total. The zero-order valence-electron chi connectivity index (χ0n) is 15.0. The van der Waals surface area contributed by atoms with E-state index in [1.54, 1.807) is 0 Å². The molecule has 2 aromatic carbocycles. The molecule has 0 aliphatic rings. The van der Waals surface area contributed by atoms with Crippen molar-refractivity contribution in [1.82, 2.24) is 9.97 Å². The van der Waals surface area contributed by atoms with Gasteiger partial charge in [-0.1, -0.05) is 39.8 Å². The van der Waals surface area contributed by atoms with E-state index in [-0.39, 0.29) is 0 Å². The molecule has 0 unspecified atom stereocenters. The predicted octanol–water partition coefficient (Wildman–Crippen LogP) is 5.70. The van der Waals surface area contributed by atoms with E-state index in [4.69, 9.17) is 4.74 Å². The van der Waals surface area contributed by atoms with Gasteiger partial charge < -0.3 is 9.72 Å². The fourth-order valence-corrected chi connectivity index (χ4v) is 2.87. The molecule has 3 aromatic rings. The summed E-state index contributed by atoms with van der Waals surface area (Å²) in [5.41, 5.74) is 5.81. The molecule has 3 rings (SSSR count). The van der Waals surface area contributed by atoms with Crippen LogP contribution in [0.25, 0.3) is 22.2 Å². The lowest BCUT2D eigenvalue weighted by Gasteiger charge is -2.12. The maximum absolute atomic E-state index is 5.85. The lowest BCUT2D eigenvalue weighted by atomic mass is 10.0. The van der Waals surface area contributed by atoms with Crippen LogP contribution in [0.15, 0.2) is 36.4 Å². The fourth-order valence-electron chi connectivity index (χ4n) is 2.87. The van der Waals surface area contributed by atoms with E-state index < -0.39 is 0 Å². The van der Waals surface area contributed by atoms with Crippen molar-refractivity contribution in [3.8, 4) is 16.9 Å². The topological polar surface area (TPSA) is 37.9 Å². The average molecular weight is 322 g/mol. The third-order valence-corrected chi connectivity index (χ3v) is 4.28. The number of fused-ring (bicyclic) bond motifs is 1. The first-order valence-electron chi connectivity index (χ1n) is 8.88. The number of aromatic nitrogens is 2. The lowest BCUT2D eigenvalue weighted by Crippen LogP contribution is -1.98. The van der Waals surface area contributed by atoms with E-state index in [1.807, 2.05) is 0 Å². The van der Waals surface area contributed by atoms with Crippen LogP contribution < -0.4 is 4.74 Å². The molecular weight excluding hydrogens is 296 g/mol. The molecule has 3 nitrogen and oxygen atoms in total. The fraction of sp³-hybridized carbons (Fsp3) is 0.381. The van der Waals surface area contributed by atoms with Crippen LogP contribution in [0.4, 0.5) is 0 Å². The summed E-state index contributed by atoms with van der Waals surface area (Å²) in [5.74, 6) is 2.45. The molecule has 0 aliphatic heterocycles. The second-order valence-corrected chi connectivity index (χ2v) is 6.53. The Balaban J connectivity index is 1.97. The van der Waals surface area contributed by atoms with Crippen LogP contribution in [0.2, 0.25) is 0 Å². The smallest absolute Gasteiger partial charge is 0.122 e. The van der Waals surface area contributed by atoms with Gasteiger partial charge in [-0.05, 0) is 53.8 Å². The molecule has 0 aliphatic carbocycles. The molecule has 0 atom stereocenters. The second kappa shape index (κ2) is 7.08. The van der Waals surface area contributed by atoms with Gasteiger partial charge in [0.2, 0.25) is 0 Å². The van der Waals surface area contributed by atoms with Crippen LogP contribution in [0.3, 0.4) is 0 Å². The minimum atomic E-state index is 0.405. The average Bonchev–Trinajstić information content (AvgIpc) is 3.03. The molecule has 0 bridgehead atoms. The van der Waals surface area contributed by atoms with Crippen LogP contribution in [-0.4, -0.2) is 16.6 Å². The van der Waals surface area contributed by atoms with E-state index in [9.17, 15) is 0 Å². The highest BCUT2D eigenvalue weighted by Gasteiger charge is 2.09. The Kier molecular flexibility index (Phi) is 4.89. The molecule has 0 saturated carbocycles. The molecule has 24 heavy (non-hydrogen) atoms. The standard InChI is InChI=1S/C21H26N2O/c1-5-11-24-20-10-8-16(12-15(20)6-2)17-7-9-18-19(13-17)23-21(22-18)14(3)4/h7-10,12-14H,5-6,11H2,1-4H3,(H,22,23). The van der Waals surface area contributed by atoms with Crippen molar-refractivity contribution in [2.24, 2.45) is 0 Å². The summed E-state index contributed by atoms with van der Waals surface area (Å²) >= 11 is 0. The molecular formula is C21H26N2O. The Morgan fingerprint density at radius 3 is 2.50 bits per heavy atom. The van der Waals surface area contributed by atoms with E-state index in [0.717, 1.165) is 42.1 Å². The highest BCUT2D eigenvalue weighted by Crippen LogP contribution is 2.29. The molecule has 0 amide bonds. The Morgan fingerprint density at radius 2 is 1.79 bits per heavy atom. The van der Waals surface area contributed by atoms with Gasteiger partial charge in [-0.2, -0.15) is 0 Å². The summed E-state index contributed by atoms with van der Waals surface area (Å²) in [6.45, 7) is 9.38. The first-order valence-corrected chi connectivity index (χ1v) is 8.88. The third-order valence-electron chi connectivity index (χ3n) is 4.28. The number of hydrogen-bond donors (Lipinski definition) is 1.